The molecule has 0 fully saturated rings. The summed E-state index contributed by atoms with van der Waals surface area (Å²) in [5.41, 5.74) is 2.75. The molecule has 29 heavy (non-hydrogen) atoms. The summed E-state index contributed by atoms with van der Waals surface area (Å²) in [5.74, 6) is 2.44. The highest BCUT2D eigenvalue weighted by Crippen LogP contribution is 2.39. The van der Waals surface area contributed by atoms with E-state index in [4.69, 9.17) is 14.2 Å². The van der Waals surface area contributed by atoms with Gasteiger partial charge < -0.3 is 29.8 Å². The Hall–Kier alpha value is -3.42. The van der Waals surface area contributed by atoms with Crippen molar-refractivity contribution in [3.8, 4) is 17.2 Å². The SMILES string of the molecule is COc1cc(C(C)NC(=O)NCCc2nc3ccccc3[nH]2)cc(OC)c1OC. The number of carbonyl (C=O) groups excluding carboxylic acids is 1. The number of hydrogen-bond donors (Lipinski definition) is 3. The van der Waals surface area contributed by atoms with Gasteiger partial charge in [-0.3, -0.25) is 0 Å². The van der Waals surface area contributed by atoms with Crippen LogP contribution >= 0.6 is 0 Å². The van der Waals surface area contributed by atoms with Crippen LogP contribution in [0, 0.1) is 0 Å². The molecule has 1 aromatic heterocycles. The van der Waals surface area contributed by atoms with Crippen molar-refractivity contribution in [1.82, 2.24) is 20.6 Å². The maximum absolute atomic E-state index is 12.3. The van der Waals surface area contributed by atoms with Crippen LogP contribution in [0.4, 0.5) is 4.79 Å². The third kappa shape index (κ3) is 4.71. The molecule has 0 aliphatic heterocycles. The van der Waals surface area contributed by atoms with Crippen LogP contribution in [-0.2, 0) is 6.42 Å². The molecular formula is C21H26N4O4. The first-order chi connectivity index (χ1) is 14.0. The lowest BCUT2D eigenvalue weighted by Gasteiger charge is -2.19. The van der Waals surface area contributed by atoms with E-state index in [1.54, 1.807) is 21.3 Å². The second-order valence-electron chi connectivity index (χ2n) is 6.53. The average molecular weight is 398 g/mol. The van der Waals surface area contributed by atoms with E-state index in [1.165, 1.54) is 0 Å². The zero-order valence-corrected chi connectivity index (χ0v) is 17.0. The zero-order valence-electron chi connectivity index (χ0n) is 17.0. The van der Waals surface area contributed by atoms with Crippen LogP contribution in [0.2, 0.25) is 0 Å². The van der Waals surface area contributed by atoms with Crippen LogP contribution in [0.5, 0.6) is 17.2 Å². The predicted molar refractivity (Wildman–Crippen MR) is 111 cm³/mol. The molecule has 1 atom stereocenters. The van der Waals surface area contributed by atoms with Crippen LogP contribution in [0.25, 0.3) is 11.0 Å². The summed E-state index contributed by atoms with van der Waals surface area (Å²) >= 11 is 0. The molecule has 154 valence electrons. The van der Waals surface area contributed by atoms with Gasteiger partial charge in [-0.1, -0.05) is 12.1 Å². The molecule has 1 unspecified atom stereocenters. The van der Waals surface area contributed by atoms with Gasteiger partial charge in [0.25, 0.3) is 0 Å². The number of aromatic nitrogens is 2. The molecule has 0 radical (unpaired) electrons. The maximum Gasteiger partial charge on any atom is 0.315 e. The highest BCUT2D eigenvalue weighted by molar-refractivity contribution is 5.75. The van der Waals surface area contributed by atoms with Crippen LogP contribution < -0.4 is 24.8 Å². The summed E-state index contributed by atoms with van der Waals surface area (Å²) in [7, 11) is 4.67. The monoisotopic (exact) mass is 398 g/mol. The maximum atomic E-state index is 12.3. The Labute approximate surface area is 169 Å². The van der Waals surface area contributed by atoms with Gasteiger partial charge in [0.1, 0.15) is 5.82 Å². The minimum Gasteiger partial charge on any atom is -0.493 e. The van der Waals surface area contributed by atoms with Gasteiger partial charge in [0.05, 0.1) is 38.4 Å². The molecular weight excluding hydrogens is 372 g/mol. The average Bonchev–Trinajstić information content (AvgIpc) is 3.15. The number of H-pyrrole nitrogens is 1. The van der Waals surface area contributed by atoms with Gasteiger partial charge in [-0.05, 0) is 36.8 Å². The Morgan fingerprint density at radius 2 is 1.79 bits per heavy atom. The summed E-state index contributed by atoms with van der Waals surface area (Å²) in [6, 6.07) is 11.0. The Kier molecular flexibility index (Phi) is 6.43. The minimum atomic E-state index is -0.262. The zero-order chi connectivity index (χ0) is 20.8. The van der Waals surface area contributed by atoms with Crippen molar-refractivity contribution in [2.24, 2.45) is 0 Å². The number of fused-ring (bicyclic) bond motifs is 1. The summed E-state index contributed by atoms with van der Waals surface area (Å²) < 4.78 is 16.1. The number of methoxy groups -OCH3 is 3. The van der Waals surface area contributed by atoms with E-state index in [1.807, 2.05) is 43.3 Å². The van der Waals surface area contributed by atoms with Crippen LogP contribution in [0.3, 0.4) is 0 Å². The molecule has 0 saturated heterocycles. The van der Waals surface area contributed by atoms with Gasteiger partial charge in [0.15, 0.2) is 11.5 Å². The van der Waals surface area contributed by atoms with Gasteiger partial charge in [0, 0.05) is 13.0 Å². The molecule has 3 aromatic rings. The van der Waals surface area contributed by atoms with Gasteiger partial charge in [-0.2, -0.15) is 0 Å². The molecule has 3 rings (SSSR count). The largest absolute Gasteiger partial charge is 0.493 e. The summed E-state index contributed by atoms with van der Waals surface area (Å²) in [6.07, 6.45) is 0.612. The second kappa shape index (κ2) is 9.18. The number of nitrogens with zero attached hydrogens (tertiary/aromatic N) is 1. The molecule has 0 aliphatic rings. The Morgan fingerprint density at radius 1 is 1.10 bits per heavy atom. The van der Waals surface area contributed by atoms with E-state index in [0.29, 0.717) is 30.2 Å². The van der Waals surface area contributed by atoms with Crippen molar-refractivity contribution in [3.05, 3.63) is 47.8 Å². The number of benzene rings is 2. The molecule has 2 aromatic carbocycles. The van der Waals surface area contributed by atoms with Gasteiger partial charge >= 0.3 is 6.03 Å². The minimum absolute atomic E-state index is 0.255. The van der Waals surface area contributed by atoms with Crippen LogP contribution in [-0.4, -0.2) is 43.9 Å². The molecule has 0 spiro atoms. The number of aromatic amines is 1. The fraction of sp³-hybridized carbons (Fsp3) is 0.333. The highest BCUT2D eigenvalue weighted by Gasteiger charge is 2.17. The molecule has 0 aliphatic carbocycles. The summed E-state index contributed by atoms with van der Waals surface area (Å²) in [6.45, 7) is 2.35. The van der Waals surface area contributed by atoms with Gasteiger partial charge in [0.2, 0.25) is 5.75 Å². The predicted octanol–water partition coefficient (Wildman–Crippen LogP) is 3.19. The quantitative estimate of drug-likeness (QED) is 0.541. The molecule has 2 amide bonds. The normalized spacial score (nSPS) is 11.7. The van der Waals surface area contributed by atoms with E-state index in [9.17, 15) is 4.79 Å². The molecule has 8 heteroatoms. The lowest BCUT2D eigenvalue weighted by atomic mass is 10.1. The first-order valence-corrected chi connectivity index (χ1v) is 9.33. The van der Waals surface area contributed by atoms with E-state index in [0.717, 1.165) is 22.4 Å². The number of amides is 2. The number of hydrogen-bond acceptors (Lipinski definition) is 5. The smallest absolute Gasteiger partial charge is 0.315 e. The molecule has 0 saturated carbocycles. The molecule has 1 heterocycles. The third-order valence-electron chi connectivity index (χ3n) is 4.62. The number of urea groups is 1. The number of ether oxygens (including phenoxy) is 3. The van der Waals surface area contributed by atoms with E-state index < -0.39 is 0 Å². The number of rotatable bonds is 8. The topological polar surface area (TPSA) is 97.5 Å². The fourth-order valence-electron chi connectivity index (χ4n) is 3.10. The standard InChI is InChI=1S/C21H26N4O4/c1-13(14-11-17(27-2)20(29-4)18(12-14)28-3)23-21(26)22-10-9-19-24-15-7-5-6-8-16(15)25-19/h5-8,11-13H,9-10H2,1-4H3,(H,24,25)(H2,22,23,26). The van der Waals surface area contributed by atoms with Crippen molar-refractivity contribution >= 4 is 17.1 Å². The van der Waals surface area contributed by atoms with Crippen molar-refractivity contribution < 1.29 is 19.0 Å². The van der Waals surface area contributed by atoms with E-state index >= 15 is 0 Å². The number of para-hydroxylation sites is 2. The first-order valence-electron chi connectivity index (χ1n) is 9.33. The molecule has 3 N–H and O–H groups in total. The lowest BCUT2D eigenvalue weighted by Crippen LogP contribution is -2.38. The van der Waals surface area contributed by atoms with E-state index in [-0.39, 0.29) is 12.1 Å². The van der Waals surface area contributed by atoms with E-state index in [2.05, 4.69) is 20.6 Å². The number of carbonyl (C=O) groups is 1. The van der Waals surface area contributed by atoms with Crippen molar-refractivity contribution in [3.63, 3.8) is 0 Å². The Balaban J connectivity index is 1.57. The first kappa shape index (κ1) is 20.3. The Bertz CT molecular complexity index is 928. The van der Waals surface area contributed by atoms with Crippen molar-refractivity contribution in [1.29, 1.82) is 0 Å². The van der Waals surface area contributed by atoms with Crippen LogP contribution in [0.15, 0.2) is 36.4 Å². The number of imidazole rings is 1. The summed E-state index contributed by atoms with van der Waals surface area (Å²) in [4.78, 5) is 20.0. The van der Waals surface area contributed by atoms with Gasteiger partial charge in [-0.15, -0.1) is 0 Å². The Morgan fingerprint density at radius 3 is 2.41 bits per heavy atom. The number of nitrogens with one attached hydrogen (secondary N) is 3. The van der Waals surface area contributed by atoms with Gasteiger partial charge in [-0.25, -0.2) is 9.78 Å². The molecule has 8 nitrogen and oxygen atoms in total. The highest BCUT2D eigenvalue weighted by atomic mass is 16.5. The van der Waals surface area contributed by atoms with Crippen molar-refractivity contribution in [2.75, 3.05) is 27.9 Å². The lowest BCUT2D eigenvalue weighted by molar-refractivity contribution is 0.238. The summed E-state index contributed by atoms with van der Waals surface area (Å²) in [5, 5.41) is 5.78. The second-order valence-corrected chi connectivity index (χ2v) is 6.53. The fourth-order valence-corrected chi connectivity index (χ4v) is 3.10. The van der Waals surface area contributed by atoms with Crippen LogP contribution in [0.1, 0.15) is 24.4 Å². The van der Waals surface area contributed by atoms with Crippen molar-refractivity contribution in [2.45, 2.75) is 19.4 Å². The third-order valence-corrected chi connectivity index (χ3v) is 4.62. The molecule has 0 bridgehead atoms.